The van der Waals surface area contributed by atoms with Gasteiger partial charge < -0.3 is 14.3 Å². The zero-order valence-corrected chi connectivity index (χ0v) is 8.20. The zero-order chi connectivity index (χ0) is 10.1. The average molecular weight is 192 g/mol. The van der Waals surface area contributed by atoms with Crippen molar-refractivity contribution < 1.29 is 14.3 Å². The van der Waals surface area contributed by atoms with Gasteiger partial charge in [-0.05, 0) is 30.7 Å². The number of rotatable bonds is 2. The van der Waals surface area contributed by atoms with Gasteiger partial charge in [-0.3, -0.25) is 0 Å². The second-order valence-electron chi connectivity index (χ2n) is 3.23. The third kappa shape index (κ3) is 1.36. The molecule has 74 valence electrons. The van der Waals surface area contributed by atoms with Gasteiger partial charge in [-0.15, -0.1) is 0 Å². The zero-order valence-electron chi connectivity index (χ0n) is 8.20. The highest BCUT2D eigenvalue weighted by atomic mass is 16.5. The molecule has 0 aliphatic carbocycles. The van der Waals surface area contributed by atoms with Crippen LogP contribution in [0.1, 0.15) is 11.3 Å². The monoisotopic (exact) mass is 192 g/mol. The van der Waals surface area contributed by atoms with E-state index in [1.165, 1.54) is 0 Å². The number of aliphatic hydroxyl groups is 1. The molecule has 0 radical (unpaired) electrons. The van der Waals surface area contributed by atoms with Crippen LogP contribution in [0.25, 0.3) is 11.0 Å². The van der Waals surface area contributed by atoms with Crippen LogP contribution in [-0.2, 0) is 6.61 Å². The Kier molecular flexibility index (Phi) is 2.17. The topological polar surface area (TPSA) is 42.6 Å². The summed E-state index contributed by atoms with van der Waals surface area (Å²) in [4.78, 5) is 0. The number of hydrogen-bond acceptors (Lipinski definition) is 3. The maximum atomic E-state index is 8.93. The summed E-state index contributed by atoms with van der Waals surface area (Å²) in [5, 5.41) is 9.89. The van der Waals surface area contributed by atoms with E-state index in [-0.39, 0.29) is 6.61 Å². The summed E-state index contributed by atoms with van der Waals surface area (Å²) in [6, 6.07) is 5.63. The third-order valence-corrected chi connectivity index (χ3v) is 2.22. The molecule has 1 N–H and O–H groups in total. The predicted octanol–water partition coefficient (Wildman–Crippen LogP) is 2.24. The van der Waals surface area contributed by atoms with Gasteiger partial charge in [0.15, 0.2) is 0 Å². The van der Waals surface area contributed by atoms with Gasteiger partial charge in [0, 0.05) is 5.39 Å². The van der Waals surface area contributed by atoms with E-state index in [0.717, 1.165) is 22.3 Å². The number of benzene rings is 1. The van der Waals surface area contributed by atoms with Crippen LogP contribution in [0, 0.1) is 6.92 Å². The summed E-state index contributed by atoms with van der Waals surface area (Å²) in [5.41, 5.74) is 1.83. The largest absolute Gasteiger partial charge is 0.497 e. The van der Waals surface area contributed by atoms with Crippen LogP contribution in [0.3, 0.4) is 0 Å². The molecular weight excluding hydrogens is 180 g/mol. The summed E-state index contributed by atoms with van der Waals surface area (Å²) in [6.45, 7) is 1.88. The first-order valence-corrected chi connectivity index (χ1v) is 4.42. The van der Waals surface area contributed by atoms with Crippen molar-refractivity contribution in [3.63, 3.8) is 0 Å². The van der Waals surface area contributed by atoms with Crippen molar-refractivity contribution in [2.45, 2.75) is 13.5 Å². The first-order chi connectivity index (χ1) is 6.74. The van der Waals surface area contributed by atoms with Crippen LogP contribution in [0.2, 0.25) is 0 Å². The molecule has 2 aromatic rings. The van der Waals surface area contributed by atoms with E-state index in [0.29, 0.717) is 5.76 Å². The molecule has 1 heterocycles. The van der Waals surface area contributed by atoms with Crippen molar-refractivity contribution in [3.8, 4) is 5.75 Å². The van der Waals surface area contributed by atoms with Crippen LogP contribution in [0.5, 0.6) is 5.75 Å². The lowest BCUT2D eigenvalue weighted by Gasteiger charge is -2.00. The highest BCUT2D eigenvalue weighted by molar-refractivity contribution is 5.82. The Morgan fingerprint density at radius 3 is 2.79 bits per heavy atom. The molecular formula is C11H12O3. The number of aliphatic hydroxyl groups excluding tert-OH is 1. The fourth-order valence-corrected chi connectivity index (χ4v) is 1.54. The van der Waals surface area contributed by atoms with Crippen LogP contribution < -0.4 is 4.74 Å². The van der Waals surface area contributed by atoms with Crippen LogP contribution >= 0.6 is 0 Å². The molecule has 1 aromatic carbocycles. The fourth-order valence-electron chi connectivity index (χ4n) is 1.54. The normalized spacial score (nSPS) is 10.8. The van der Waals surface area contributed by atoms with E-state index in [1.54, 1.807) is 7.11 Å². The van der Waals surface area contributed by atoms with Crippen molar-refractivity contribution in [2.75, 3.05) is 7.11 Å². The third-order valence-electron chi connectivity index (χ3n) is 2.22. The predicted molar refractivity (Wildman–Crippen MR) is 53.4 cm³/mol. The minimum atomic E-state index is -0.0730. The second-order valence-corrected chi connectivity index (χ2v) is 3.23. The summed E-state index contributed by atoms with van der Waals surface area (Å²) < 4.78 is 10.6. The molecule has 0 amide bonds. The first kappa shape index (κ1) is 9.09. The molecule has 0 bridgehead atoms. The molecule has 0 atom stereocenters. The van der Waals surface area contributed by atoms with Crippen molar-refractivity contribution in [2.24, 2.45) is 0 Å². The molecule has 0 fully saturated rings. The minimum Gasteiger partial charge on any atom is -0.497 e. The van der Waals surface area contributed by atoms with Crippen molar-refractivity contribution >= 4 is 11.0 Å². The standard InChI is InChI=1S/C11H12O3/c1-7-3-9(13-2)4-8-5-10(6-12)14-11(7)8/h3-5,12H,6H2,1-2H3. The number of ether oxygens (including phenoxy) is 1. The van der Waals surface area contributed by atoms with Gasteiger partial charge in [0.2, 0.25) is 0 Å². The molecule has 0 saturated heterocycles. The Labute approximate surface area is 81.9 Å². The summed E-state index contributed by atoms with van der Waals surface area (Å²) in [7, 11) is 1.63. The lowest BCUT2D eigenvalue weighted by molar-refractivity contribution is 0.251. The Morgan fingerprint density at radius 2 is 2.14 bits per heavy atom. The summed E-state index contributed by atoms with van der Waals surface area (Å²) >= 11 is 0. The fraction of sp³-hybridized carbons (Fsp3) is 0.273. The molecule has 1 aromatic heterocycles. The number of hydrogen-bond donors (Lipinski definition) is 1. The number of methoxy groups -OCH3 is 1. The van der Waals surface area contributed by atoms with E-state index >= 15 is 0 Å². The van der Waals surface area contributed by atoms with E-state index in [9.17, 15) is 0 Å². The van der Waals surface area contributed by atoms with Crippen LogP contribution in [-0.4, -0.2) is 12.2 Å². The first-order valence-electron chi connectivity index (χ1n) is 4.42. The Morgan fingerprint density at radius 1 is 1.36 bits per heavy atom. The maximum absolute atomic E-state index is 8.93. The van der Waals surface area contributed by atoms with Crippen molar-refractivity contribution in [1.29, 1.82) is 0 Å². The van der Waals surface area contributed by atoms with E-state index in [2.05, 4.69) is 0 Å². The Hall–Kier alpha value is -1.48. The summed E-state index contributed by atoms with van der Waals surface area (Å²) in [5.74, 6) is 1.39. The van der Waals surface area contributed by atoms with Gasteiger partial charge >= 0.3 is 0 Å². The Balaban J connectivity index is 2.67. The molecule has 0 unspecified atom stereocenters. The summed E-state index contributed by atoms with van der Waals surface area (Å²) in [6.07, 6.45) is 0. The SMILES string of the molecule is COc1cc(C)c2oc(CO)cc2c1. The van der Waals surface area contributed by atoms with Gasteiger partial charge in [0.1, 0.15) is 23.7 Å². The molecule has 0 saturated carbocycles. The smallest absolute Gasteiger partial charge is 0.137 e. The van der Waals surface area contributed by atoms with Crippen molar-refractivity contribution in [1.82, 2.24) is 0 Å². The number of aryl methyl sites for hydroxylation is 1. The quantitative estimate of drug-likeness (QED) is 0.793. The highest BCUT2D eigenvalue weighted by Gasteiger charge is 2.07. The molecule has 0 spiro atoms. The van der Waals surface area contributed by atoms with E-state index < -0.39 is 0 Å². The van der Waals surface area contributed by atoms with E-state index in [4.69, 9.17) is 14.3 Å². The van der Waals surface area contributed by atoms with Gasteiger partial charge in [-0.25, -0.2) is 0 Å². The molecule has 3 heteroatoms. The minimum absolute atomic E-state index is 0.0730. The van der Waals surface area contributed by atoms with Gasteiger partial charge in [0.25, 0.3) is 0 Å². The molecule has 14 heavy (non-hydrogen) atoms. The number of furan rings is 1. The molecule has 2 rings (SSSR count). The van der Waals surface area contributed by atoms with Crippen molar-refractivity contribution in [3.05, 3.63) is 29.5 Å². The van der Waals surface area contributed by atoms with E-state index in [1.807, 2.05) is 25.1 Å². The van der Waals surface area contributed by atoms with Crippen LogP contribution in [0.4, 0.5) is 0 Å². The lowest BCUT2D eigenvalue weighted by atomic mass is 10.1. The average Bonchev–Trinajstić information content (AvgIpc) is 2.61. The van der Waals surface area contributed by atoms with Crippen LogP contribution in [0.15, 0.2) is 22.6 Å². The molecule has 3 nitrogen and oxygen atoms in total. The van der Waals surface area contributed by atoms with Gasteiger partial charge in [-0.2, -0.15) is 0 Å². The van der Waals surface area contributed by atoms with Gasteiger partial charge in [-0.1, -0.05) is 0 Å². The Bertz CT molecular complexity index is 457. The maximum Gasteiger partial charge on any atom is 0.137 e. The highest BCUT2D eigenvalue weighted by Crippen LogP contribution is 2.27. The van der Waals surface area contributed by atoms with Gasteiger partial charge in [0.05, 0.1) is 7.11 Å². The number of fused-ring (bicyclic) bond motifs is 1. The lowest BCUT2D eigenvalue weighted by Crippen LogP contribution is -1.83. The molecule has 0 aliphatic heterocycles. The molecule has 0 aliphatic rings. The second kappa shape index (κ2) is 3.35.